The van der Waals surface area contributed by atoms with Gasteiger partial charge in [0.25, 0.3) is 0 Å². The number of halogens is 1. The van der Waals surface area contributed by atoms with Crippen LogP contribution in [0.25, 0.3) is 22.0 Å². The molecule has 2 aromatic carbocycles. The van der Waals surface area contributed by atoms with Crippen molar-refractivity contribution < 1.29 is 23.3 Å². The van der Waals surface area contributed by atoms with Crippen molar-refractivity contribution in [1.82, 2.24) is 4.98 Å². The van der Waals surface area contributed by atoms with E-state index < -0.39 is 13.6 Å². The summed E-state index contributed by atoms with van der Waals surface area (Å²) in [5, 5.41) is 0.988. The first-order valence-corrected chi connectivity index (χ1v) is 9.63. The van der Waals surface area contributed by atoms with Crippen molar-refractivity contribution in [2.75, 3.05) is 0 Å². The molecule has 0 saturated carbocycles. The SMILES string of the molecule is Cc1ccnc2cc(-c3cc(F)c(C(C)C)c(OP(=O)(O)O)c3)ccc12. The number of aryl methyl sites for hydroxylation is 1. The average molecular weight is 375 g/mol. The van der Waals surface area contributed by atoms with Crippen molar-refractivity contribution >= 4 is 18.7 Å². The summed E-state index contributed by atoms with van der Waals surface area (Å²) in [6, 6.07) is 10.2. The first kappa shape index (κ1) is 18.5. The number of rotatable bonds is 4. The number of phosphoric ester groups is 1. The zero-order chi connectivity index (χ0) is 19.1. The second-order valence-corrected chi connectivity index (χ2v) is 7.63. The minimum Gasteiger partial charge on any atom is -0.404 e. The first-order chi connectivity index (χ1) is 12.2. The fourth-order valence-electron chi connectivity index (χ4n) is 2.99. The molecule has 1 aromatic heterocycles. The Morgan fingerprint density at radius 3 is 2.50 bits per heavy atom. The van der Waals surface area contributed by atoms with Crippen LogP contribution in [0.4, 0.5) is 4.39 Å². The van der Waals surface area contributed by atoms with E-state index >= 15 is 0 Å². The molecule has 0 aliphatic rings. The van der Waals surface area contributed by atoms with Gasteiger partial charge in [0.05, 0.1) is 5.52 Å². The highest BCUT2D eigenvalue weighted by atomic mass is 31.2. The molecule has 0 radical (unpaired) electrons. The molecule has 0 unspecified atom stereocenters. The van der Waals surface area contributed by atoms with Crippen LogP contribution in [0.15, 0.2) is 42.6 Å². The summed E-state index contributed by atoms with van der Waals surface area (Å²) >= 11 is 0. The molecular weight excluding hydrogens is 356 g/mol. The second-order valence-electron chi connectivity index (χ2n) is 6.47. The predicted molar refractivity (Wildman–Crippen MR) is 98.6 cm³/mol. The van der Waals surface area contributed by atoms with Crippen LogP contribution in [0.2, 0.25) is 0 Å². The number of hydrogen-bond acceptors (Lipinski definition) is 3. The molecule has 3 rings (SSSR count). The lowest BCUT2D eigenvalue weighted by Crippen LogP contribution is -2.01. The largest absolute Gasteiger partial charge is 0.524 e. The van der Waals surface area contributed by atoms with Crippen LogP contribution in [-0.2, 0) is 4.57 Å². The van der Waals surface area contributed by atoms with E-state index in [4.69, 9.17) is 14.3 Å². The lowest BCUT2D eigenvalue weighted by molar-refractivity contribution is 0.281. The van der Waals surface area contributed by atoms with Gasteiger partial charge in [0, 0.05) is 17.1 Å². The van der Waals surface area contributed by atoms with Gasteiger partial charge >= 0.3 is 7.82 Å². The van der Waals surface area contributed by atoms with E-state index in [0.717, 1.165) is 16.5 Å². The monoisotopic (exact) mass is 375 g/mol. The van der Waals surface area contributed by atoms with E-state index in [9.17, 15) is 8.96 Å². The predicted octanol–water partition coefficient (Wildman–Crippen LogP) is 4.94. The van der Waals surface area contributed by atoms with Crippen LogP contribution in [0.3, 0.4) is 0 Å². The number of aromatic nitrogens is 1. The van der Waals surface area contributed by atoms with Gasteiger partial charge in [-0.05, 0) is 53.8 Å². The Morgan fingerprint density at radius 2 is 1.85 bits per heavy atom. The summed E-state index contributed by atoms with van der Waals surface area (Å²) in [5.41, 5.74) is 3.11. The number of fused-ring (bicyclic) bond motifs is 1. The average Bonchev–Trinajstić information content (AvgIpc) is 2.52. The third-order valence-electron chi connectivity index (χ3n) is 4.18. The van der Waals surface area contributed by atoms with Crippen molar-refractivity contribution in [2.24, 2.45) is 0 Å². The Hall–Kier alpha value is -2.27. The van der Waals surface area contributed by atoms with Gasteiger partial charge in [-0.15, -0.1) is 0 Å². The third kappa shape index (κ3) is 3.78. The molecule has 0 bridgehead atoms. The van der Waals surface area contributed by atoms with Crippen LogP contribution >= 0.6 is 7.82 Å². The van der Waals surface area contributed by atoms with Gasteiger partial charge in [0.2, 0.25) is 0 Å². The van der Waals surface area contributed by atoms with E-state index in [-0.39, 0.29) is 17.2 Å². The molecule has 0 spiro atoms. The highest BCUT2D eigenvalue weighted by Gasteiger charge is 2.23. The second kappa shape index (κ2) is 6.80. The summed E-state index contributed by atoms with van der Waals surface area (Å²) < 4.78 is 30.7. The summed E-state index contributed by atoms with van der Waals surface area (Å²) in [6.07, 6.45) is 1.70. The van der Waals surface area contributed by atoms with Crippen LogP contribution in [0.1, 0.15) is 30.9 Å². The summed E-state index contributed by atoms with van der Waals surface area (Å²) in [7, 11) is -4.81. The van der Waals surface area contributed by atoms with Gasteiger partial charge in [0.15, 0.2) is 0 Å². The van der Waals surface area contributed by atoms with Gasteiger partial charge in [-0.1, -0.05) is 26.0 Å². The maximum Gasteiger partial charge on any atom is 0.524 e. The molecule has 1 heterocycles. The fourth-order valence-corrected chi connectivity index (χ4v) is 3.40. The maximum absolute atomic E-state index is 14.7. The Kier molecular flexibility index (Phi) is 4.84. The van der Waals surface area contributed by atoms with Gasteiger partial charge in [-0.3, -0.25) is 14.8 Å². The molecular formula is C19H19FNO4P. The van der Waals surface area contributed by atoms with Crippen molar-refractivity contribution in [3.8, 4) is 16.9 Å². The smallest absolute Gasteiger partial charge is 0.404 e. The van der Waals surface area contributed by atoms with Crippen LogP contribution in [-0.4, -0.2) is 14.8 Å². The molecule has 5 nitrogen and oxygen atoms in total. The highest BCUT2D eigenvalue weighted by Crippen LogP contribution is 2.43. The van der Waals surface area contributed by atoms with Crippen molar-refractivity contribution in [3.63, 3.8) is 0 Å². The van der Waals surface area contributed by atoms with Crippen LogP contribution in [0.5, 0.6) is 5.75 Å². The molecule has 0 atom stereocenters. The standard InChI is InChI=1S/C19H19FNO4P/c1-11(2)19-16(20)8-14(10-18(19)25-26(22,23)24)13-4-5-15-12(3)6-7-21-17(15)9-13/h4-11H,1-3H3,(H2,22,23,24). The molecule has 0 amide bonds. The minimum absolute atomic E-state index is 0.131. The molecule has 7 heteroatoms. The molecule has 0 aliphatic carbocycles. The van der Waals surface area contributed by atoms with Gasteiger partial charge in [0.1, 0.15) is 11.6 Å². The van der Waals surface area contributed by atoms with Crippen molar-refractivity contribution in [1.29, 1.82) is 0 Å². The van der Waals surface area contributed by atoms with Crippen molar-refractivity contribution in [3.05, 3.63) is 59.5 Å². The molecule has 0 fully saturated rings. The lowest BCUT2D eigenvalue weighted by Gasteiger charge is -2.17. The first-order valence-electron chi connectivity index (χ1n) is 8.10. The summed E-state index contributed by atoms with van der Waals surface area (Å²) in [4.78, 5) is 22.6. The molecule has 136 valence electrons. The minimum atomic E-state index is -4.81. The number of phosphoric acid groups is 1. The van der Waals surface area contributed by atoms with E-state index in [0.29, 0.717) is 11.1 Å². The van der Waals surface area contributed by atoms with E-state index in [2.05, 4.69) is 4.98 Å². The topological polar surface area (TPSA) is 79.7 Å². The number of pyridine rings is 1. The van der Waals surface area contributed by atoms with Crippen LogP contribution in [0, 0.1) is 12.7 Å². The molecule has 3 aromatic rings. The lowest BCUT2D eigenvalue weighted by atomic mass is 9.96. The summed E-state index contributed by atoms with van der Waals surface area (Å²) in [6.45, 7) is 5.44. The fraction of sp³-hybridized carbons (Fsp3) is 0.211. The van der Waals surface area contributed by atoms with E-state index in [1.54, 1.807) is 20.0 Å². The molecule has 0 aliphatic heterocycles. The Labute approximate surface area is 150 Å². The molecule has 26 heavy (non-hydrogen) atoms. The Balaban J connectivity index is 2.18. The van der Waals surface area contributed by atoms with Gasteiger partial charge < -0.3 is 4.52 Å². The van der Waals surface area contributed by atoms with E-state index in [1.165, 1.54) is 12.1 Å². The number of nitrogens with zero attached hydrogens (tertiary/aromatic N) is 1. The third-order valence-corrected chi connectivity index (χ3v) is 4.61. The molecule has 0 saturated heterocycles. The quantitative estimate of drug-likeness (QED) is 0.631. The zero-order valence-corrected chi connectivity index (χ0v) is 15.5. The Bertz CT molecular complexity index is 1030. The van der Waals surface area contributed by atoms with Gasteiger partial charge in [-0.2, -0.15) is 0 Å². The molecule has 2 N–H and O–H groups in total. The normalized spacial score (nSPS) is 12.0. The number of hydrogen-bond donors (Lipinski definition) is 2. The highest BCUT2D eigenvalue weighted by molar-refractivity contribution is 7.46. The Morgan fingerprint density at radius 1 is 1.12 bits per heavy atom. The number of benzene rings is 2. The zero-order valence-electron chi connectivity index (χ0n) is 14.6. The van der Waals surface area contributed by atoms with Crippen LogP contribution < -0.4 is 4.52 Å². The maximum atomic E-state index is 14.7. The van der Waals surface area contributed by atoms with Gasteiger partial charge in [-0.25, -0.2) is 8.96 Å². The summed E-state index contributed by atoms with van der Waals surface area (Å²) in [5.74, 6) is -1.02. The van der Waals surface area contributed by atoms with Crippen molar-refractivity contribution in [2.45, 2.75) is 26.7 Å². The van der Waals surface area contributed by atoms with E-state index in [1.807, 2.05) is 31.2 Å².